The average Bonchev–Trinajstić information content (AvgIpc) is 2.35. The molecule has 3 nitrogen and oxygen atoms in total. The lowest BCUT2D eigenvalue weighted by atomic mass is 10.1. The molecule has 2 N–H and O–H groups in total. The molecule has 1 aromatic carbocycles. The number of nitrogens with one attached hydrogen (secondary N) is 1. The molecule has 0 aromatic heterocycles. The molecule has 0 aliphatic rings. The van der Waals surface area contributed by atoms with Gasteiger partial charge >= 0.3 is 0 Å². The molecule has 2 unspecified atom stereocenters. The van der Waals surface area contributed by atoms with E-state index >= 15 is 0 Å². The Balaban J connectivity index is 2.63. The van der Waals surface area contributed by atoms with Crippen molar-refractivity contribution in [2.24, 2.45) is 0 Å². The first-order chi connectivity index (χ1) is 8.58. The van der Waals surface area contributed by atoms with Gasteiger partial charge in [-0.1, -0.05) is 6.07 Å². The predicted molar refractivity (Wildman–Crippen MR) is 78.7 cm³/mol. The Morgan fingerprint density at radius 2 is 2.11 bits per heavy atom. The highest BCUT2D eigenvalue weighted by Crippen LogP contribution is 2.28. The fourth-order valence-electron chi connectivity index (χ4n) is 1.91. The molecule has 0 spiro atoms. The monoisotopic (exact) mass is 269 g/mol. The van der Waals surface area contributed by atoms with Gasteiger partial charge in [0.2, 0.25) is 0 Å². The summed E-state index contributed by atoms with van der Waals surface area (Å²) in [6.07, 6.45) is 3.24. The van der Waals surface area contributed by atoms with E-state index in [4.69, 9.17) is 4.74 Å². The van der Waals surface area contributed by atoms with Crippen LogP contribution in [0.5, 0.6) is 11.5 Å². The van der Waals surface area contributed by atoms with Gasteiger partial charge in [-0.3, -0.25) is 0 Å². The Labute approximate surface area is 114 Å². The first kappa shape index (κ1) is 15.2. The van der Waals surface area contributed by atoms with Crippen LogP contribution in [-0.4, -0.2) is 30.3 Å². The third-order valence-corrected chi connectivity index (χ3v) is 3.64. The van der Waals surface area contributed by atoms with Crippen LogP contribution in [0.4, 0.5) is 0 Å². The minimum atomic E-state index is 0.132. The van der Waals surface area contributed by atoms with Crippen LogP contribution in [0.3, 0.4) is 0 Å². The van der Waals surface area contributed by atoms with Gasteiger partial charge in [-0.2, -0.15) is 11.8 Å². The number of hydrogen-bond donors (Lipinski definition) is 2. The second kappa shape index (κ2) is 7.54. The fourth-order valence-corrected chi connectivity index (χ4v) is 2.50. The Kier molecular flexibility index (Phi) is 6.36. The summed E-state index contributed by atoms with van der Waals surface area (Å²) < 4.78 is 5.08. The average molecular weight is 269 g/mol. The van der Waals surface area contributed by atoms with Gasteiger partial charge in [0.25, 0.3) is 0 Å². The molecule has 1 rings (SSSR count). The summed E-state index contributed by atoms with van der Waals surface area (Å²) in [6.45, 7) is 4.24. The zero-order chi connectivity index (χ0) is 13.5. The van der Waals surface area contributed by atoms with Crippen molar-refractivity contribution in [2.75, 3.05) is 19.1 Å². The lowest BCUT2D eigenvalue weighted by Crippen LogP contribution is -2.29. The third kappa shape index (κ3) is 4.42. The van der Waals surface area contributed by atoms with Gasteiger partial charge < -0.3 is 15.2 Å². The van der Waals surface area contributed by atoms with Crippen LogP contribution in [0, 0.1) is 0 Å². The normalized spacial score (nSPS) is 14.2. The van der Waals surface area contributed by atoms with Crippen molar-refractivity contribution in [3.63, 3.8) is 0 Å². The number of hydrogen-bond acceptors (Lipinski definition) is 4. The molecule has 4 heteroatoms. The van der Waals surface area contributed by atoms with E-state index in [1.807, 2.05) is 23.9 Å². The van der Waals surface area contributed by atoms with Gasteiger partial charge in [0.1, 0.15) is 11.5 Å². The predicted octanol–water partition coefficient (Wildman–Crippen LogP) is 3.19. The minimum absolute atomic E-state index is 0.132. The van der Waals surface area contributed by atoms with Crippen LogP contribution >= 0.6 is 11.8 Å². The van der Waals surface area contributed by atoms with Gasteiger partial charge in [-0.25, -0.2) is 0 Å². The van der Waals surface area contributed by atoms with Crippen LogP contribution in [-0.2, 0) is 0 Å². The van der Waals surface area contributed by atoms with Crippen LogP contribution in [0.25, 0.3) is 0 Å². The molecule has 0 bridgehead atoms. The second-order valence-corrected chi connectivity index (χ2v) is 5.48. The number of aromatic hydroxyl groups is 1. The maximum Gasteiger partial charge on any atom is 0.124 e. The van der Waals surface area contributed by atoms with E-state index in [-0.39, 0.29) is 11.8 Å². The molecule has 2 atom stereocenters. The largest absolute Gasteiger partial charge is 0.507 e. The summed E-state index contributed by atoms with van der Waals surface area (Å²) in [5, 5.41) is 13.5. The number of rotatable bonds is 7. The molecule has 102 valence electrons. The van der Waals surface area contributed by atoms with Crippen LogP contribution in [0.15, 0.2) is 18.2 Å². The summed E-state index contributed by atoms with van der Waals surface area (Å²) in [4.78, 5) is 0. The van der Waals surface area contributed by atoms with Gasteiger partial charge in [-0.15, -0.1) is 0 Å². The molecular formula is C14H23NO2S. The van der Waals surface area contributed by atoms with Gasteiger partial charge in [0.05, 0.1) is 7.11 Å². The van der Waals surface area contributed by atoms with E-state index in [2.05, 4.69) is 25.4 Å². The highest BCUT2D eigenvalue weighted by atomic mass is 32.2. The zero-order valence-corrected chi connectivity index (χ0v) is 12.4. The lowest BCUT2D eigenvalue weighted by molar-refractivity contribution is 0.401. The molecule has 18 heavy (non-hydrogen) atoms. The molecule has 0 fully saturated rings. The zero-order valence-electron chi connectivity index (χ0n) is 11.6. The molecule has 0 aliphatic carbocycles. The first-order valence-electron chi connectivity index (χ1n) is 6.20. The molecule has 0 aliphatic heterocycles. The summed E-state index contributed by atoms with van der Waals surface area (Å²) in [7, 11) is 1.60. The van der Waals surface area contributed by atoms with Gasteiger partial charge in [0.15, 0.2) is 0 Å². The highest BCUT2D eigenvalue weighted by Gasteiger charge is 2.13. The maximum atomic E-state index is 9.96. The summed E-state index contributed by atoms with van der Waals surface area (Å²) in [6, 6.07) is 6.01. The number of phenols is 1. The summed E-state index contributed by atoms with van der Waals surface area (Å²) in [5.74, 6) is 2.11. The quantitative estimate of drug-likeness (QED) is 0.797. The van der Waals surface area contributed by atoms with Gasteiger partial charge in [0, 0.05) is 23.7 Å². The van der Waals surface area contributed by atoms with Crippen LogP contribution < -0.4 is 10.1 Å². The van der Waals surface area contributed by atoms with Crippen molar-refractivity contribution >= 4 is 11.8 Å². The fraction of sp³-hybridized carbons (Fsp3) is 0.571. The van der Waals surface area contributed by atoms with E-state index in [0.29, 0.717) is 11.8 Å². The molecule has 1 aromatic rings. The Morgan fingerprint density at radius 1 is 1.39 bits per heavy atom. The van der Waals surface area contributed by atoms with Crippen molar-refractivity contribution in [3.05, 3.63) is 23.8 Å². The smallest absolute Gasteiger partial charge is 0.124 e. The van der Waals surface area contributed by atoms with E-state index in [1.54, 1.807) is 13.2 Å². The molecular weight excluding hydrogens is 246 g/mol. The number of benzene rings is 1. The molecule has 0 radical (unpaired) electrons. The van der Waals surface area contributed by atoms with Crippen molar-refractivity contribution in [1.82, 2.24) is 5.32 Å². The van der Waals surface area contributed by atoms with Gasteiger partial charge in [-0.05, 0) is 38.3 Å². The molecule has 0 saturated carbocycles. The summed E-state index contributed by atoms with van der Waals surface area (Å²) in [5.41, 5.74) is 0.909. The SMILES string of the molecule is COc1ccc(C(C)NC(C)CCSC)c(O)c1. The molecule has 0 amide bonds. The number of thioether (sulfide) groups is 1. The number of ether oxygens (including phenoxy) is 1. The third-order valence-electron chi connectivity index (χ3n) is 2.99. The Bertz CT molecular complexity index is 371. The van der Waals surface area contributed by atoms with E-state index in [1.165, 1.54) is 0 Å². The van der Waals surface area contributed by atoms with Crippen LogP contribution in [0.2, 0.25) is 0 Å². The van der Waals surface area contributed by atoms with E-state index in [0.717, 1.165) is 17.7 Å². The number of phenolic OH excluding ortho intramolecular Hbond substituents is 1. The van der Waals surface area contributed by atoms with Crippen LogP contribution in [0.1, 0.15) is 31.9 Å². The minimum Gasteiger partial charge on any atom is -0.507 e. The molecule has 0 saturated heterocycles. The summed E-state index contributed by atoms with van der Waals surface area (Å²) >= 11 is 1.86. The van der Waals surface area contributed by atoms with Crippen molar-refractivity contribution in [2.45, 2.75) is 32.4 Å². The topological polar surface area (TPSA) is 41.5 Å². The Hall–Kier alpha value is -0.870. The van der Waals surface area contributed by atoms with Crippen molar-refractivity contribution in [3.8, 4) is 11.5 Å². The lowest BCUT2D eigenvalue weighted by Gasteiger charge is -2.21. The standard InChI is InChI=1S/C14H23NO2S/c1-10(7-8-18-4)15-11(2)13-6-5-12(17-3)9-14(13)16/h5-6,9-11,15-16H,7-8H2,1-4H3. The second-order valence-electron chi connectivity index (χ2n) is 4.50. The number of methoxy groups -OCH3 is 1. The highest BCUT2D eigenvalue weighted by molar-refractivity contribution is 7.98. The van der Waals surface area contributed by atoms with Crippen molar-refractivity contribution < 1.29 is 9.84 Å². The maximum absolute atomic E-state index is 9.96. The molecule has 0 heterocycles. The van der Waals surface area contributed by atoms with E-state index in [9.17, 15) is 5.11 Å². The van der Waals surface area contributed by atoms with E-state index < -0.39 is 0 Å². The first-order valence-corrected chi connectivity index (χ1v) is 7.59. The van der Waals surface area contributed by atoms with Crippen molar-refractivity contribution in [1.29, 1.82) is 0 Å². The Morgan fingerprint density at radius 3 is 2.67 bits per heavy atom.